The molecule has 1 aromatic carbocycles. The second-order valence-corrected chi connectivity index (χ2v) is 3.19. The molecule has 14 heavy (non-hydrogen) atoms. The minimum absolute atomic E-state index is 0.197. The van der Waals surface area contributed by atoms with Crippen LogP contribution in [0, 0.1) is 0 Å². The average Bonchev–Trinajstić information content (AvgIpc) is 2.74. The van der Waals surface area contributed by atoms with Gasteiger partial charge in [-0.05, 0) is 5.56 Å². The van der Waals surface area contributed by atoms with Gasteiger partial charge in [0.2, 0.25) is 0 Å². The summed E-state index contributed by atoms with van der Waals surface area (Å²) in [6, 6.07) is 10.2. The Labute approximate surface area is 83.0 Å². The van der Waals surface area contributed by atoms with E-state index in [0.717, 1.165) is 5.69 Å². The van der Waals surface area contributed by atoms with Crippen LogP contribution in [-0.4, -0.2) is 16.5 Å². The van der Waals surface area contributed by atoms with Gasteiger partial charge in [-0.2, -0.15) is 0 Å². The van der Waals surface area contributed by atoms with E-state index in [0.29, 0.717) is 6.54 Å². The number of benzene rings is 1. The number of nitrogens with two attached hydrogens (primary N) is 1. The summed E-state index contributed by atoms with van der Waals surface area (Å²) in [7, 11) is 0. The normalized spacial score (nSPS) is 12.6. The van der Waals surface area contributed by atoms with E-state index < -0.39 is 0 Å². The van der Waals surface area contributed by atoms with E-state index in [4.69, 9.17) is 5.73 Å². The highest BCUT2D eigenvalue weighted by molar-refractivity contribution is 5.27. The Bertz CT molecular complexity index is 367. The van der Waals surface area contributed by atoms with Crippen LogP contribution in [-0.2, 0) is 0 Å². The van der Waals surface area contributed by atoms with Gasteiger partial charge in [0.1, 0.15) is 0 Å². The Balaban J connectivity index is 2.31. The lowest BCUT2D eigenvalue weighted by Crippen LogP contribution is -2.13. The van der Waals surface area contributed by atoms with Gasteiger partial charge < -0.3 is 10.7 Å². The predicted octanol–water partition coefficient (Wildman–Crippen LogP) is 1.50. The topological polar surface area (TPSA) is 54.7 Å². The summed E-state index contributed by atoms with van der Waals surface area (Å²) in [5.74, 6) is 0.197. The largest absolute Gasteiger partial charge is 0.351 e. The molecular weight excluding hydrogens is 174 g/mol. The molecule has 0 bridgehead atoms. The second-order valence-electron chi connectivity index (χ2n) is 3.19. The molecule has 0 aliphatic carbocycles. The number of hydrogen-bond acceptors (Lipinski definition) is 2. The molecule has 1 unspecified atom stereocenters. The molecule has 0 amide bonds. The van der Waals surface area contributed by atoms with Gasteiger partial charge in [0, 0.05) is 18.7 Å². The Kier molecular flexibility index (Phi) is 2.60. The van der Waals surface area contributed by atoms with Crippen LogP contribution in [0.5, 0.6) is 0 Å². The fourth-order valence-corrected chi connectivity index (χ4v) is 1.58. The number of hydrogen-bond donors (Lipinski definition) is 2. The van der Waals surface area contributed by atoms with Crippen molar-refractivity contribution in [1.82, 2.24) is 9.97 Å². The quantitative estimate of drug-likeness (QED) is 0.765. The third-order valence-corrected chi connectivity index (χ3v) is 2.31. The summed E-state index contributed by atoms with van der Waals surface area (Å²) in [6.07, 6.45) is 3.57. The molecule has 0 saturated carbocycles. The molecule has 1 heterocycles. The van der Waals surface area contributed by atoms with Crippen molar-refractivity contribution in [3.8, 4) is 0 Å². The van der Waals surface area contributed by atoms with Crippen molar-refractivity contribution < 1.29 is 0 Å². The Morgan fingerprint density at radius 1 is 1.29 bits per heavy atom. The molecule has 1 atom stereocenters. The van der Waals surface area contributed by atoms with Gasteiger partial charge in [-0.15, -0.1) is 0 Å². The fourth-order valence-electron chi connectivity index (χ4n) is 1.58. The summed E-state index contributed by atoms with van der Waals surface area (Å²) in [4.78, 5) is 7.18. The Morgan fingerprint density at radius 2 is 2.07 bits per heavy atom. The summed E-state index contributed by atoms with van der Waals surface area (Å²) < 4.78 is 0. The second kappa shape index (κ2) is 4.07. The van der Waals surface area contributed by atoms with Gasteiger partial charge in [-0.1, -0.05) is 30.3 Å². The highest BCUT2D eigenvalue weighted by Crippen LogP contribution is 2.20. The molecule has 0 aliphatic heterocycles. The van der Waals surface area contributed by atoms with Crippen LogP contribution in [0.2, 0.25) is 0 Å². The van der Waals surface area contributed by atoms with Crippen LogP contribution in [0.4, 0.5) is 0 Å². The zero-order valence-electron chi connectivity index (χ0n) is 7.85. The first-order valence-electron chi connectivity index (χ1n) is 4.65. The standard InChI is InChI=1S/C11H13N3/c12-6-10(11-7-13-8-14-11)9-4-2-1-3-5-9/h1-5,7-8,10H,6,12H2,(H,13,14). The van der Waals surface area contributed by atoms with Gasteiger partial charge in [0.25, 0.3) is 0 Å². The lowest BCUT2D eigenvalue weighted by molar-refractivity contribution is 0.794. The molecule has 3 N–H and O–H groups in total. The van der Waals surface area contributed by atoms with Crippen molar-refractivity contribution in [2.24, 2.45) is 5.73 Å². The SMILES string of the molecule is NCC(c1ccccc1)c1c[nH]cn1. The van der Waals surface area contributed by atoms with Gasteiger partial charge in [0.15, 0.2) is 0 Å². The lowest BCUT2D eigenvalue weighted by atomic mass is 9.97. The number of nitrogens with zero attached hydrogens (tertiary/aromatic N) is 1. The molecule has 3 heteroatoms. The van der Waals surface area contributed by atoms with E-state index in [2.05, 4.69) is 22.1 Å². The van der Waals surface area contributed by atoms with E-state index in [1.807, 2.05) is 24.4 Å². The maximum atomic E-state index is 5.74. The Morgan fingerprint density at radius 3 is 2.64 bits per heavy atom. The van der Waals surface area contributed by atoms with Crippen molar-refractivity contribution in [2.75, 3.05) is 6.54 Å². The zero-order chi connectivity index (χ0) is 9.80. The molecule has 0 radical (unpaired) electrons. The first-order chi connectivity index (χ1) is 6.92. The van der Waals surface area contributed by atoms with Crippen LogP contribution >= 0.6 is 0 Å². The van der Waals surface area contributed by atoms with Crippen molar-refractivity contribution in [3.63, 3.8) is 0 Å². The van der Waals surface area contributed by atoms with Gasteiger partial charge in [-0.3, -0.25) is 0 Å². The van der Waals surface area contributed by atoms with Crippen LogP contribution in [0.1, 0.15) is 17.2 Å². The number of aromatic nitrogens is 2. The van der Waals surface area contributed by atoms with E-state index in [1.165, 1.54) is 5.56 Å². The third kappa shape index (κ3) is 1.67. The van der Waals surface area contributed by atoms with Crippen molar-refractivity contribution in [2.45, 2.75) is 5.92 Å². The summed E-state index contributed by atoms with van der Waals surface area (Å²) >= 11 is 0. The zero-order valence-corrected chi connectivity index (χ0v) is 7.85. The first kappa shape index (κ1) is 8.97. The summed E-state index contributed by atoms with van der Waals surface area (Å²) in [5, 5.41) is 0. The van der Waals surface area contributed by atoms with Crippen LogP contribution in [0.15, 0.2) is 42.9 Å². The van der Waals surface area contributed by atoms with Gasteiger partial charge in [-0.25, -0.2) is 4.98 Å². The summed E-state index contributed by atoms with van der Waals surface area (Å²) in [6.45, 7) is 0.578. The van der Waals surface area contributed by atoms with E-state index in [9.17, 15) is 0 Å². The summed E-state index contributed by atoms with van der Waals surface area (Å²) in [5.41, 5.74) is 7.95. The highest BCUT2D eigenvalue weighted by atomic mass is 14.9. The van der Waals surface area contributed by atoms with Crippen LogP contribution < -0.4 is 5.73 Å². The van der Waals surface area contributed by atoms with Crippen LogP contribution in [0.3, 0.4) is 0 Å². The molecule has 2 aromatic rings. The number of imidazole rings is 1. The maximum absolute atomic E-state index is 5.74. The smallest absolute Gasteiger partial charge is 0.0923 e. The average molecular weight is 187 g/mol. The minimum atomic E-state index is 0.197. The molecule has 1 aromatic heterocycles. The molecule has 0 saturated heterocycles. The molecule has 0 aliphatic rings. The molecule has 0 spiro atoms. The number of aromatic amines is 1. The molecule has 3 nitrogen and oxygen atoms in total. The highest BCUT2D eigenvalue weighted by Gasteiger charge is 2.13. The van der Waals surface area contributed by atoms with Crippen molar-refractivity contribution in [1.29, 1.82) is 0 Å². The molecule has 0 fully saturated rings. The molecular formula is C11H13N3. The van der Waals surface area contributed by atoms with Crippen molar-refractivity contribution >= 4 is 0 Å². The lowest BCUT2D eigenvalue weighted by Gasteiger charge is -2.11. The van der Waals surface area contributed by atoms with E-state index in [-0.39, 0.29) is 5.92 Å². The minimum Gasteiger partial charge on any atom is -0.351 e. The van der Waals surface area contributed by atoms with Gasteiger partial charge in [0.05, 0.1) is 12.0 Å². The van der Waals surface area contributed by atoms with Gasteiger partial charge >= 0.3 is 0 Å². The number of H-pyrrole nitrogens is 1. The number of rotatable bonds is 3. The molecule has 72 valence electrons. The maximum Gasteiger partial charge on any atom is 0.0923 e. The fraction of sp³-hybridized carbons (Fsp3) is 0.182. The molecule has 2 rings (SSSR count). The van der Waals surface area contributed by atoms with Crippen LogP contribution in [0.25, 0.3) is 0 Å². The monoisotopic (exact) mass is 187 g/mol. The number of nitrogens with one attached hydrogen (secondary N) is 1. The van der Waals surface area contributed by atoms with E-state index in [1.54, 1.807) is 6.33 Å². The Hall–Kier alpha value is -1.61. The first-order valence-corrected chi connectivity index (χ1v) is 4.65. The van der Waals surface area contributed by atoms with E-state index >= 15 is 0 Å². The van der Waals surface area contributed by atoms with Crippen molar-refractivity contribution in [3.05, 3.63) is 54.1 Å². The predicted molar refractivity (Wildman–Crippen MR) is 55.9 cm³/mol. The third-order valence-electron chi connectivity index (χ3n) is 2.31.